The normalized spacial score (nSPS) is 10.5. The van der Waals surface area contributed by atoms with Crippen molar-refractivity contribution in [1.82, 2.24) is 9.38 Å². The zero-order valence-corrected chi connectivity index (χ0v) is 8.08. The van der Waals surface area contributed by atoms with Crippen LogP contribution in [0.5, 0.6) is 5.88 Å². The van der Waals surface area contributed by atoms with Crippen molar-refractivity contribution in [2.45, 2.75) is 0 Å². The molecule has 4 heteroatoms. The van der Waals surface area contributed by atoms with Gasteiger partial charge in [0.15, 0.2) is 10.6 Å². The molecule has 2 aromatic heterocycles. The molecule has 0 saturated carbocycles. The summed E-state index contributed by atoms with van der Waals surface area (Å²) in [4.78, 5) is 4.10. The van der Waals surface area contributed by atoms with Crippen molar-refractivity contribution in [1.29, 1.82) is 0 Å². The number of halogens is 1. The van der Waals surface area contributed by atoms with Gasteiger partial charge in [0.25, 0.3) is 0 Å². The Bertz CT molecular complexity index is 410. The third-order valence-electron chi connectivity index (χ3n) is 1.68. The average molecular weight is 227 g/mol. The minimum Gasteiger partial charge on any atom is -0.482 e. The molecule has 0 spiro atoms. The van der Waals surface area contributed by atoms with Crippen LogP contribution in [0.3, 0.4) is 0 Å². The molecule has 0 saturated heterocycles. The Morgan fingerprint density at radius 1 is 1.50 bits per heavy atom. The zero-order chi connectivity index (χ0) is 8.55. The number of aromatic nitrogens is 2. The van der Waals surface area contributed by atoms with Crippen LogP contribution in [-0.4, -0.2) is 16.5 Å². The van der Waals surface area contributed by atoms with Gasteiger partial charge in [0.2, 0.25) is 0 Å². The lowest BCUT2D eigenvalue weighted by Gasteiger charge is -2.03. The molecule has 2 aromatic rings. The summed E-state index contributed by atoms with van der Waals surface area (Å²) < 4.78 is 7.81. The SMILES string of the molecule is COc1cccc2cnc(Br)n12. The topological polar surface area (TPSA) is 26.5 Å². The molecule has 0 aromatic carbocycles. The van der Waals surface area contributed by atoms with Crippen LogP contribution in [0.15, 0.2) is 29.1 Å². The van der Waals surface area contributed by atoms with Gasteiger partial charge in [-0.25, -0.2) is 4.98 Å². The van der Waals surface area contributed by atoms with Crippen LogP contribution in [0.1, 0.15) is 0 Å². The molecular weight excluding hydrogens is 220 g/mol. The maximum Gasteiger partial charge on any atom is 0.199 e. The van der Waals surface area contributed by atoms with Crippen LogP contribution < -0.4 is 4.74 Å². The van der Waals surface area contributed by atoms with Gasteiger partial charge < -0.3 is 4.74 Å². The number of imidazole rings is 1. The highest BCUT2D eigenvalue weighted by Gasteiger charge is 2.03. The number of hydrogen-bond acceptors (Lipinski definition) is 2. The van der Waals surface area contributed by atoms with Crippen LogP contribution in [-0.2, 0) is 0 Å². The molecule has 0 fully saturated rings. The van der Waals surface area contributed by atoms with Gasteiger partial charge in [-0.15, -0.1) is 0 Å². The van der Waals surface area contributed by atoms with Gasteiger partial charge in [0, 0.05) is 0 Å². The molecule has 0 radical (unpaired) electrons. The Hall–Kier alpha value is -1.03. The first kappa shape index (κ1) is 7.61. The van der Waals surface area contributed by atoms with E-state index in [0.29, 0.717) is 0 Å². The van der Waals surface area contributed by atoms with Crippen molar-refractivity contribution in [2.75, 3.05) is 7.11 Å². The second kappa shape index (κ2) is 2.79. The molecule has 2 rings (SSSR count). The first-order valence-electron chi connectivity index (χ1n) is 3.49. The van der Waals surface area contributed by atoms with Crippen LogP contribution in [0.4, 0.5) is 0 Å². The number of pyridine rings is 1. The highest BCUT2D eigenvalue weighted by atomic mass is 79.9. The number of methoxy groups -OCH3 is 1. The monoisotopic (exact) mass is 226 g/mol. The van der Waals surface area contributed by atoms with E-state index in [4.69, 9.17) is 4.74 Å². The number of ether oxygens (including phenoxy) is 1. The number of hydrogen-bond donors (Lipinski definition) is 0. The largest absolute Gasteiger partial charge is 0.482 e. The quantitative estimate of drug-likeness (QED) is 0.745. The lowest BCUT2D eigenvalue weighted by molar-refractivity contribution is 0.391. The predicted octanol–water partition coefficient (Wildman–Crippen LogP) is 2.11. The van der Waals surface area contributed by atoms with E-state index in [9.17, 15) is 0 Å². The third kappa shape index (κ3) is 0.992. The fourth-order valence-corrected chi connectivity index (χ4v) is 1.62. The molecule has 0 aliphatic rings. The second-order valence-corrected chi connectivity index (χ2v) is 3.06. The van der Waals surface area contributed by atoms with E-state index in [0.717, 1.165) is 16.1 Å². The van der Waals surface area contributed by atoms with E-state index < -0.39 is 0 Å². The van der Waals surface area contributed by atoms with E-state index in [1.807, 2.05) is 22.6 Å². The van der Waals surface area contributed by atoms with Crippen LogP contribution in [0.2, 0.25) is 0 Å². The first-order valence-corrected chi connectivity index (χ1v) is 4.28. The number of fused-ring (bicyclic) bond motifs is 1. The van der Waals surface area contributed by atoms with E-state index in [1.54, 1.807) is 13.3 Å². The minimum atomic E-state index is 0.759. The molecule has 0 bridgehead atoms. The van der Waals surface area contributed by atoms with Crippen molar-refractivity contribution >= 4 is 21.4 Å². The summed E-state index contributed by atoms with van der Waals surface area (Å²) >= 11 is 3.33. The molecule has 0 N–H and O–H groups in total. The standard InChI is InChI=1S/C8H7BrN2O/c1-12-7-4-2-3-6-5-10-8(9)11(6)7/h2-5H,1H3. The molecule has 0 unspecified atom stereocenters. The Morgan fingerprint density at radius 3 is 3.08 bits per heavy atom. The Labute approximate surface area is 78.1 Å². The first-order chi connectivity index (χ1) is 5.83. The van der Waals surface area contributed by atoms with Gasteiger partial charge in [-0.2, -0.15) is 0 Å². The number of nitrogens with zero attached hydrogens (tertiary/aromatic N) is 2. The highest BCUT2D eigenvalue weighted by Crippen LogP contribution is 2.19. The van der Waals surface area contributed by atoms with Gasteiger partial charge in [-0.1, -0.05) is 6.07 Å². The van der Waals surface area contributed by atoms with Gasteiger partial charge in [0.05, 0.1) is 18.8 Å². The summed E-state index contributed by atoms with van der Waals surface area (Å²) in [6.07, 6.45) is 1.78. The molecule has 12 heavy (non-hydrogen) atoms. The lowest BCUT2D eigenvalue weighted by atomic mass is 10.4. The number of rotatable bonds is 1. The van der Waals surface area contributed by atoms with Gasteiger partial charge in [-0.05, 0) is 28.1 Å². The second-order valence-electron chi connectivity index (χ2n) is 2.36. The van der Waals surface area contributed by atoms with E-state index in [1.165, 1.54) is 0 Å². The highest BCUT2D eigenvalue weighted by molar-refractivity contribution is 9.10. The van der Waals surface area contributed by atoms with E-state index in [-0.39, 0.29) is 0 Å². The summed E-state index contributed by atoms with van der Waals surface area (Å²) in [6, 6.07) is 5.79. The third-order valence-corrected chi connectivity index (χ3v) is 2.24. The molecule has 0 aliphatic heterocycles. The van der Waals surface area contributed by atoms with Crippen molar-refractivity contribution in [3.05, 3.63) is 29.1 Å². The van der Waals surface area contributed by atoms with Crippen LogP contribution in [0, 0.1) is 0 Å². The maximum absolute atomic E-state index is 5.16. The summed E-state index contributed by atoms with van der Waals surface area (Å²) in [5, 5.41) is 0. The summed E-state index contributed by atoms with van der Waals surface area (Å²) in [7, 11) is 1.64. The fraction of sp³-hybridized carbons (Fsp3) is 0.125. The summed E-state index contributed by atoms with van der Waals surface area (Å²) in [6.45, 7) is 0. The predicted molar refractivity (Wildman–Crippen MR) is 49.4 cm³/mol. The van der Waals surface area contributed by atoms with Crippen molar-refractivity contribution in [3.63, 3.8) is 0 Å². The van der Waals surface area contributed by atoms with Crippen molar-refractivity contribution in [2.24, 2.45) is 0 Å². The van der Waals surface area contributed by atoms with E-state index in [2.05, 4.69) is 20.9 Å². The van der Waals surface area contributed by atoms with Gasteiger partial charge in [0.1, 0.15) is 0 Å². The molecule has 0 atom stereocenters. The molecule has 62 valence electrons. The van der Waals surface area contributed by atoms with Crippen LogP contribution >= 0.6 is 15.9 Å². The van der Waals surface area contributed by atoms with Gasteiger partial charge >= 0.3 is 0 Å². The maximum atomic E-state index is 5.16. The minimum absolute atomic E-state index is 0.759. The van der Waals surface area contributed by atoms with Crippen molar-refractivity contribution in [3.8, 4) is 5.88 Å². The van der Waals surface area contributed by atoms with Crippen molar-refractivity contribution < 1.29 is 4.74 Å². The molecule has 0 aliphatic carbocycles. The molecular formula is C8H7BrN2O. The summed E-state index contributed by atoms with van der Waals surface area (Å²) in [5.74, 6) is 0.775. The smallest absolute Gasteiger partial charge is 0.199 e. The molecule has 2 heterocycles. The Kier molecular flexibility index (Phi) is 1.77. The van der Waals surface area contributed by atoms with E-state index >= 15 is 0 Å². The van der Waals surface area contributed by atoms with Crippen LogP contribution in [0.25, 0.3) is 5.52 Å². The molecule has 0 amide bonds. The lowest BCUT2D eigenvalue weighted by Crippen LogP contribution is -1.92. The molecule has 3 nitrogen and oxygen atoms in total. The summed E-state index contributed by atoms with van der Waals surface area (Å²) in [5.41, 5.74) is 1.02. The Balaban J connectivity index is 2.84. The Morgan fingerprint density at radius 2 is 2.33 bits per heavy atom. The fourth-order valence-electron chi connectivity index (χ4n) is 1.14. The zero-order valence-electron chi connectivity index (χ0n) is 6.49. The van der Waals surface area contributed by atoms with Gasteiger partial charge in [-0.3, -0.25) is 4.40 Å². The average Bonchev–Trinajstić information content (AvgIpc) is 2.48.